The van der Waals surface area contributed by atoms with Crippen LogP contribution in [0.15, 0.2) is 17.5 Å². The molecule has 2 amide bonds. The van der Waals surface area contributed by atoms with Crippen LogP contribution in [-0.2, 0) is 11.3 Å². The van der Waals surface area contributed by atoms with Crippen molar-refractivity contribution in [3.63, 3.8) is 0 Å². The summed E-state index contributed by atoms with van der Waals surface area (Å²) in [4.78, 5) is 25.8. The zero-order valence-corrected chi connectivity index (χ0v) is 12.2. The van der Waals surface area contributed by atoms with Crippen LogP contribution in [0.5, 0.6) is 0 Å². The normalized spacial score (nSPS) is 12.2. The second kappa shape index (κ2) is 7.13. The minimum atomic E-state index is -1.00. The van der Waals surface area contributed by atoms with E-state index in [1.165, 1.54) is 0 Å². The number of amides is 2. The average Bonchev–Trinajstić information content (AvgIpc) is 2.84. The van der Waals surface area contributed by atoms with Gasteiger partial charge < -0.3 is 15.3 Å². The number of urea groups is 1. The van der Waals surface area contributed by atoms with Crippen molar-refractivity contribution in [1.82, 2.24) is 10.2 Å². The molecule has 1 atom stereocenters. The van der Waals surface area contributed by atoms with Gasteiger partial charge in [0, 0.05) is 11.4 Å². The number of aliphatic carboxylic acids is 1. The lowest BCUT2D eigenvalue weighted by Gasteiger charge is -2.25. The molecule has 0 bridgehead atoms. The Bertz CT molecular complexity index is 418. The van der Waals surface area contributed by atoms with Crippen molar-refractivity contribution in [3.05, 3.63) is 22.4 Å². The van der Waals surface area contributed by atoms with Crippen molar-refractivity contribution in [2.45, 2.75) is 33.4 Å². The Hall–Kier alpha value is -1.56. The second-order valence-corrected chi connectivity index (χ2v) is 5.64. The van der Waals surface area contributed by atoms with E-state index < -0.39 is 12.0 Å². The maximum absolute atomic E-state index is 12.1. The molecule has 5 nitrogen and oxygen atoms in total. The van der Waals surface area contributed by atoms with Crippen LogP contribution in [0, 0.1) is 5.92 Å². The van der Waals surface area contributed by atoms with Crippen molar-refractivity contribution in [2.75, 3.05) is 6.54 Å². The topological polar surface area (TPSA) is 69.6 Å². The van der Waals surface area contributed by atoms with E-state index in [9.17, 15) is 9.59 Å². The van der Waals surface area contributed by atoms with E-state index in [1.807, 2.05) is 24.4 Å². The molecule has 0 spiro atoms. The Morgan fingerprint density at radius 3 is 2.58 bits per heavy atom. The van der Waals surface area contributed by atoms with E-state index in [1.54, 1.807) is 30.1 Å². The van der Waals surface area contributed by atoms with Crippen LogP contribution >= 0.6 is 11.3 Å². The van der Waals surface area contributed by atoms with Gasteiger partial charge in [-0.1, -0.05) is 19.9 Å². The molecule has 19 heavy (non-hydrogen) atoms. The van der Waals surface area contributed by atoms with Gasteiger partial charge in [0.2, 0.25) is 0 Å². The number of carboxylic acid groups (broad SMARTS) is 1. The first kappa shape index (κ1) is 15.5. The molecule has 0 saturated carbocycles. The van der Waals surface area contributed by atoms with Gasteiger partial charge in [-0.25, -0.2) is 9.59 Å². The number of carbonyl (C=O) groups excluding carboxylic acids is 1. The monoisotopic (exact) mass is 284 g/mol. The van der Waals surface area contributed by atoms with Crippen molar-refractivity contribution in [1.29, 1.82) is 0 Å². The van der Waals surface area contributed by atoms with Crippen molar-refractivity contribution < 1.29 is 14.7 Å². The van der Waals surface area contributed by atoms with Crippen LogP contribution in [0.2, 0.25) is 0 Å². The first-order valence-corrected chi connectivity index (χ1v) is 7.14. The number of carboxylic acids is 1. The third-order valence-corrected chi connectivity index (χ3v) is 3.67. The number of carbonyl (C=O) groups is 2. The Kier molecular flexibility index (Phi) is 5.82. The summed E-state index contributed by atoms with van der Waals surface area (Å²) in [5.74, 6) is -1.16. The van der Waals surface area contributed by atoms with Gasteiger partial charge >= 0.3 is 12.0 Å². The van der Waals surface area contributed by atoms with Crippen LogP contribution in [-0.4, -0.2) is 34.6 Å². The van der Waals surface area contributed by atoms with Gasteiger partial charge in [-0.2, -0.15) is 0 Å². The summed E-state index contributed by atoms with van der Waals surface area (Å²) in [5, 5.41) is 13.6. The van der Waals surface area contributed by atoms with E-state index in [0.717, 1.165) is 4.88 Å². The standard InChI is InChI=1S/C13H20N2O3S/c1-4-15(8-10-6-5-7-19-10)13(18)14-11(9(2)3)12(16)17/h5-7,9,11H,4,8H2,1-3H3,(H,14,18)(H,16,17)/t11-/m1/s1. The SMILES string of the molecule is CCN(Cc1cccs1)C(=O)N[C@@H](C(=O)O)C(C)C. The lowest BCUT2D eigenvalue weighted by Crippen LogP contribution is -2.49. The number of nitrogens with zero attached hydrogens (tertiary/aromatic N) is 1. The molecule has 1 rings (SSSR count). The maximum atomic E-state index is 12.1. The summed E-state index contributed by atoms with van der Waals surface area (Å²) >= 11 is 1.58. The number of nitrogens with one attached hydrogen (secondary N) is 1. The van der Waals surface area contributed by atoms with Gasteiger partial charge in [0.15, 0.2) is 0 Å². The first-order chi connectivity index (χ1) is 8.95. The highest BCUT2D eigenvalue weighted by molar-refractivity contribution is 7.09. The molecule has 1 aromatic rings. The number of hydrogen-bond donors (Lipinski definition) is 2. The third kappa shape index (κ3) is 4.55. The predicted molar refractivity (Wildman–Crippen MR) is 75.2 cm³/mol. The molecule has 1 heterocycles. The Morgan fingerprint density at radius 2 is 2.16 bits per heavy atom. The van der Waals surface area contributed by atoms with Gasteiger partial charge in [0.25, 0.3) is 0 Å². The summed E-state index contributed by atoms with van der Waals surface area (Å²) in [6.07, 6.45) is 0. The van der Waals surface area contributed by atoms with Gasteiger partial charge in [-0.05, 0) is 24.3 Å². The summed E-state index contributed by atoms with van der Waals surface area (Å²) in [5.41, 5.74) is 0. The molecule has 106 valence electrons. The minimum absolute atomic E-state index is 0.151. The fourth-order valence-electron chi connectivity index (χ4n) is 1.66. The Balaban J connectivity index is 2.65. The molecule has 0 saturated heterocycles. The van der Waals surface area contributed by atoms with Crippen LogP contribution < -0.4 is 5.32 Å². The van der Waals surface area contributed by atoms with Crippen LogP contribution in [0.3, 0.4) is 0 Å². The van der Waals surface area contributed by atoms with E-state index in [0.29, 0.717) is 13.1 Å². The summed E-state index contributed by atoms with van der Waals surface area (Å²) < 4.78 is 0. The fraction of sp³-hybridized carbons (Fsp3) is 0.538. The molecule has 0 aliphatic carbocycles. The lowest BCUT2D eigenvalue weighted by atomic mass is 10.1. The summed E-state index contributed by atoms with van der Waals surface area (Å²) in [6.45, 7) is 6.46. The van der Waals surface area contributed by atoms with E-state index in [2.05, 4.69) is 5.32 Å². The summed E-state index contributed by atoms with van der Waals surface area (Å²) in [7, 11) is 0. The van der Waals surface area contributed by atoms with Crippen LogP contribution in [0.4, 0.5) is 4.79 Å². The smallest absolute Gasteiger partial charge is 0.326 e. The molecule has 0 aliphatic heterocycles. The van der Waals surface area contributed by atoms with Crippen molar-refractivity contribution >= 4 is 23.3 Å². The molecule has 6 heteroatoms. The minimum Gasteiger partial charge on any atom is -0.480 e. The molecule has 0 unspecified atom stereocenters. The predicted octanol–water partition coefficient (Wildman–Crippen LogP) is 2.39. The number of rotatable bonds is 6. The molecule has 0 radical (unpaired) electrons. The molecule has 1 aromatic heterocycles. The van der Waals surface area contributed by atoms with Crippen LogP contribution in [0.25, 0.3) is 0 Å². The Morgan fingerprint density at radius 1 is 1.47 bits per heavy atom. The highest BCUT2D eigenvalue weighted by atomic mass is 32.1. The van der Waals surface area contributed by atoms with E-state index in [4.69, 9.17) is 5.11 Å². The van der Waals surface area contributed by atoms with E-state index in [-0.39, 0.29) is 11.9 Å². The molecular weight excluding hydrogens is 264 g/mol. The lowest BCUT2D eigenvalue weighted by molar-refractivity contribution is -0.140. The fourth-order valence-corrected chi connectivity index (χ4v) is 2.38. The zero-order valence-electron chi connectivity index (χ0n) is 11.4. The van der Waals surface area contributed by atoms with Gasteiger partial charge in [0.1, 0.15) is 6.04 Å². The molecule has 0 aliphatic rings. The second-order valence-electron chi connectivity index (χ2n) is 4.60. The Labute approximate surface area is 117 Å². The van der Waals surface area contributed by atoms with Crippen molar-refractivity contribution in [2.24, 2.45) is 5.92 Å². The van der Waals surface area contributed by atoms with Crippen LogP contribution in [0.1, 0.15) is 25.6 Å². The third-order valence-electron chi connectivity index (χ3n) is 2.81. The molecular formula is C13H20N2O3S. The molecule has 0 fully saturated rings. The maximum Gasteiger partial charge on any atom is 0.326 e. The highest BCUT2D eigenvalue weighted by Crippen LogP contribution is 2.12. The summed E-state index contributed by atoms with van der Waals surface area (Å²) in [6, 6.07) is 2.69. The van der Waals surface area contributed by atoms with E-state index >= 15 is 0 Å². The van der Waals surface area contributed by atoms with Crippen molar-refractivity contribution in [3.8, 4) is 0 Å². The van der Waals surface area contributed by atoms with Gasteiger partial charge in [0.05, 0.1) is 6.54 Å². The largest absolute Gasteiger partial charge is 0.480 e. The van der Waals surface area contributed by atoms with Gasteiger partial charge in [-0.3, -0.25) is 0 Å². The average molecular weight is 284 g/mol. The first-order valence-electron chi connectivity index (χ1n) is 6.26. The molecule has 2 N–H and O–H groups in total. The number of thiophene rings is 1. The number of hydrogen-bond acceptors (Lipinski definition) is 3. The zero-order chi connectivity index (χ0) is 14.4. The van der Waals surface area contributed by atoms with Gasteiger partial charge in [-0.15, -0.1) is 11.3 Å². The highest BCUT2D eigenvalue weighted by Gasteiger charge is 2.25. The quantitative estimate of drug-likeness (QED) is 0.842. The molecule has 0 aromatic carbocycles.